The van der Waals surface area contributed by atoms with E-state index in [1.165, 1.54) is 0 Å². The molecule has 1 rings (SSSR count). The summed E-state index contributed by atoms with van der Waals surface area (Å²) in [5, 5.41) is 28.1. The number of hydrogen-bond donors (Lipinski definition) is 0. The molecule has 0 aliphatic carbocycles. The summed E-state index contributed by atoms with van der Waals surface area (Å²) < 4.78 is 0. The van der Waals surface area contributed by atoms with Gasteiger partial charge in [-0.2, -0.15) is 0 Å². The molecule has 0 atom stereocenters. The Hall–Kier alpha value is -2.78. The Kier molecular flexibility index (Phi) is 2.94. The normalized spacial score (nSPS) is 9.50. The summed E-state index contributed by atoms with van der Waals surface area (Å²) in [6, 6.07) is 3.72. The van der Waals surface area contributed by atoms with Crippen molar-refractivity contribution in [2.75, 3.05) is 5.12 Å². The van der Waals surface area contributed by atoms with Gasteiger partial charge < -0.3 is 0 Å². The van der Waals surface area contributed by atoms with Crippen LogP contribution in [-0.4, -0.2) is 15.0 Å². The molecule has 10 heteroatoms. The van der Waals surface area contributed by atoms with Crippen LogP contribution in [0, 0.1) is 30.3 Å². The maximum absolute atomic E-state index is 10.3. The molecular formula is C6H4N4O6. The van der Waals surface area contributed by atoms with E-state index in [1.54, 1.807) is 0 Å². The van der Waals surface area contributed by atoms with Crippen LogP contribution in [0.1, 0.15) is 0 Å². The second-order valence-corrected chi connectivity index (χ2v) is 2.54. The lowest BCUT2D eigenvalue weighted by atomic mass is 10.3. The summed E-state index contributed by atoms with van der Waals surface area (Å²) in [5.74, 6) is 0. The third-order valence-electron chi connectivity index (χ3n) is 1.60. The van der Waals surface area contributed by atoms with Gasteiger partial charge in [0.15, 0.2) is 10.8 Å². The molecule has 0 fully saturated rings. The van der Waals surface area contributed by atoms with E-state index in [1.807, 2.05) is 0 Å². The van der Waals surface area contributed by atoms with E-state index >= 15 is 0 Å². The molecule has 84 valence electrons. The SMILES string of the molecule is O=[N+]([O-])c1ccc(N([N+](=O)[O-])[N+](=O)[O-])cc1. The van der Waals surface area contributed by atoms with Gasteiger partial charge in [-0.25, -0.2) is 20.2 Å². The van der Waals surface area contributed by atoms with E-state index in [4.69, 9.17) is 0 Å². The summed E-state index contributed by atoms with van der Waals surface area (Å²) in [6.45, 7) is 0. The summed E-state index contributed by atoms with van der Waals surface area (Å²) in [5.41, 5.74) is -0.684. The van der Waals surface area contributed by atoms with Crippen LogP contribution in [-0.2, 0) is 0 Å². The quantitative estimate of drug-likeness (QED) is 0.549. The maximum atomic E-state index is 10.3. The molecule has 0 bridgehead atoms. The van der Waals surface area contributed by atoms with E-state index in [2.05, 4.69) is 0 Å². The Morgan fingerprint density at radius 2 is 1.31 bits per heavy atom. The van der Waals surface area contributed by atoms with E-state index in [9.17, 15) is 30.3 Å². The largest absolute Gasteiger partial charge is 0.269 e. The lowest BCUT2D eigenvalue weighted by Gasteiger charge is -2.02. The predicted molar refractivity (Wildman–Crippen MR) is 49.6 cm³/mol. The fourth-order valence-electron chi connectivity index (χ4n) is 0.956. The Bertz CT molecular complexity index is 429. The van der Waals surface area contributed by atoms with E-state index < -0.39 is 15.0 Å². The van der Waals surface area contributed by atoms with Crippen molar-refractivity contribution in [2.24, 2.45) is 0 Å². The first-order valence-electron chi connectivity index (χ1n) is 3.76. The van der Waals surface area contributed by atoms with Crippen LogP contribution in [0.3, 0.4) is 0 Å². The molecule has 0 unspecified atom stereocenters. The molecule has 0 aliphatic rings. The first kappa shape index (κ1) is 11.3. The molecule has 0 aromatic heterocycles. The minimum Gasteiger partial charge on any atom is -0.258 e. The van der Waals surface area contributed by atoms with Gasteiger partial charge in [-0.3, -0.25) is 10.1 Å². The van der Waals surface area contributed by atoms with E-state index in [0.29, 0.717) is 0 Å². The van der Waals surface area contributed by atoms with Crippen molar-refractivity contribution in [1.82, 2.24) is 0 Å². The van der Waals surface area contributed by atoms with Gasteiger partial charge in [-0.1, -0.05) is 0 Å². The first-order valence-corrected chi connectivity index (χ1v) is 3.76. The summed E-state index contributed by atoms with van der Waals surface area (Å²) in [6.07, 6.45) is 0. The van der Waals surface area contributed by atoms with Crippen LogP contribution in [0.2, 0.25) is 0 Å². The monoisotopic (exact) mass is 228 g/mol. The van der Waals surface area contributed by atoms with Gasteiger partial charge in [-0.15, -0.1) is 0 Å². The second kappa shape index (κ2) is 4.16. The molecule has 0 saturated carbocycles. The summed E-state index contributed by atoms with van der Waals surface area (Å²) in [7, 11) is 0. The third kappa shape index (κ3) is 2.17. The predicted octanol–water partition coefficient (Wildman–Crippen LogP) is 0.785. The third-order valence-corrected chi connectivity index (χ3v) is 1.60. The number of rotatable bonds is 4. The fraction of sp³-hybridized carbons (Fsp3) is 0. The van der Waals surface area contributed by atoms with Crippen molar-refractivity contribution in [3.05, 3.63) is 54.6 Å². The van der Waals surface area contributed by atoms with Gasteiger partial charge in [0.1, 0.15) is 0 Å². The van der Waals surface area contributed by atoms with Gasteiger partial charge in [0.2, 0.25) is 10.1 Å². The zero-order valence-corrected chi connectivity index (χ0v) is 7.55. The average Bonchev–Trinajstić information content (AvgIpc) is 2.17. The van der Waals surface area contributed by atoms with Crippen LogP contribution in [0.25, 0.3) is 0 Å². The summed E-state index contributed by atoms with van der Waals surface area (Å²) in [4.78, 5) is 30.2. The summed E-state index contributed by atoms with van der Waals surface area (Å²) >= 11 is 0. The van der Waals surface area contributed by atoms with Crippen LogP contribution in [0.15, 0.2) is 24.3 Å². The number of anilines is 1. The molecule has 10 nitrogen and oxygen atoms in total. The molecule has 1 aromatic rings. The highest BCUT2D eigenvalue weighted by molar-refractivity contribution is 5.47. The zero-order valence-electron chi connectivity index (χ0n) is 7.55. The molecule has 0 N–H and O–H groups in total. The van der Waals surface area contributed by atoms with Gasteiger partial charge in [0.25, 0.3) is 5.69 Å². The molecule has 0 heterocycles. The number of nitrogens with zero attached hydrogens (tertiary/aromatic N) is 4. The highest BCUT2D eigenvalue weighted by Gasteiger charge is 2.30. The highest BCUT2D eigenvalue weighted by Crippen LogP contribution is 2.19. The minimum absolute atomic E-state index is 0.310. The fourth-order valence-corrected chi connectivity index (χ4v) is 0.956. The van der Waals surface area contributed by atoms with Crippen LogP contribution >= 0.6 is 0 Å². The molecule has 0 saturated heterocycles. The van der Waals surface area contributed by atoms with E-state index in [0.717, 1.165) is 24.3 Å². The van der Waals surface area contributed by atoms with Gasteiger partial charge in [0.05, 0.1) is 4.92 Å². The molecule has 0 radical (unpaired) electrons. The first-order chi connectivity index (χ1) is 7.43. The highest BCUT2D eigenvalue weighted by atomic mass is 16.8. The molecule has 0 spiro atoms. The Labute approximate surface area is 87.1 Å². The van der Waals surface area contributed by atoms with Gasteiger partial charge in [-0.05, 0) is 12.1 Å². The number of benzene rings is 1. The number of non-ortho nitro benzene ring substituents is 1. The zero-order chi connectivity index (χ0) is 12.3. The average molecular weight is 228 g/mol. The van der Waals surface area contributed by atoms with Crippen molar-refractivity contribution < 1.29 is 15.0 Å². The van der Waals surface area contributed by atoms with Gasteiger partial charge >= 0.3 is 0 Å². The van der Waals surface area contributed by atoms with E-state index in [-0.39, 0.29) is 16.5 Å². The Balaban J connectivity index is 3.08. The van der Waals surface area contributed by atoms with Crippen LogP contribution < -0.4 is 5.12 Å². The molecular weight excluding hydrogens is 224 g/mol. The topological polar surface area (TPSA) is 133 Å². The Morgan fingerprint density at radius 3 is 1.62 bits per heavy atom. The minimum atomic E-state index is -1.23. The van der Waals surface area contributed by atoms with Crippen molar-refractivity contribution >= 4 is 11.4 Å². The second-order valence-electron chi connectivity index (χ2n) is 2.54. The van der Waals surface area contributed by atoms with Crippen LogP contribution in [0.4, 0.5) is 11.4 Å². The standard InChI is InChI=1S/C6H4N4O6/c11-8(12)6-3-1-5(2-4-6)7(9(13)14)10(15)16/h1-4H. The van der Waals surface area contributed by atoms with Gasteiger partial charge in [0, 0.05) is 12.1 Å². The van der Waals surface area contributed by atoms with Crippen molar-refractivity contribution in [1.29, 1.82) is 0 Å². The Morgan fingerprint density at radius 1 is 0.875 bits per heavy atom. The molecule has 0 aliphatic heterocycles. The van der Waals surface area contributed by atoms with Crippen LogP contribution in [0.5, 0.6) is 0 Å². The number of hydrazine groups is 2. The number of hydrogen-bond acceptors (Lipinski definition) is 6. The molecule has 0 amide bonds. The smallest absolute Gasteiger partial charge is 0.258 e. The molecule has 1 aromatic carbocycles. The van der Waals surface area contributed by atoms with Crippen molar-refractivity contribution in [2.45, 2.75) is 0 Å². The molecule has 16 heavy (non-hydrogen) atoms. The number of nitro groups is 3. The van der Waals surface area contributed by atoms with Crippen molar-refractivity contribution in [3.8, 4) is 0 Å². The number of nitro benzene ring substituents is 1. The lowest BCUT2D eigenvalue weighted by Crippen LogP contribution is -2.35. The lowest BCUT2D eigenvalue weighted by molar-refractivity contribution is -0.711. The van der Waals surface area contributed by atoms with Crippen molar-refractivity contribution in [3.63, 3.8) is 0 Å². The maximum Gasteiger partial charge on any atom is 0.269 e.